The average Bonchev–Trinajstić information content (AvgIpc) is 2.91. The standard InChI is InChI=1S/C15H13IN2O4/c1-18-7-3-6-12(18)14(20)17-13(19)9-22-15(21)10-4-2-5-11(16)8-10/h2-8H,9H2,1H3,(H,17,19,20). The van der Waals surface area contributed by atoms with E-state index in [9.17, 15) is 14.4 Å². The highest BCUT2D eigenvalue weighted by molar-refractivity contribution is 14.1. The minimum atomic E-state index is -0.676. The van der Waals surface area contributed by atoms with Gasteiger partial charge >= 0.3 is 5.97 Å². The van der Waals surface area contributed by atoms with Gasteiger partial charge in [-0.05, 0) is 52.9 Å². The number of benzene rings is 1. The number of carbonyl (C=O) groups excluding carboxylic acids is 3. The zero-order chi connectivity index (χ0) is 16.1. The van der Waals surface area contributed by atoms with Gasteiger partial charge in [-0.25, -0.2) is 4.79 Å². The number of hydrogen-bond donors (Lipinski definition) is 1. The third kappa shape index (κ3) is 4.17. The fraction of sp³-hybridized carbons (Fsp3) is 0.133. The first kappa shape index (κ1) is 16.2. The van der Waals surface area contributed by atoms with E-state index in [1.165, 1.54) is 0 Å². The summed E-state index contributed by atoms with van der Waals surface area (Å²) in [5, 5.41) is 2.16. The molecule has 2 rings (SSSR count). The molecule has 22 heavy (non-hydrogen) atoms. The number of rotatable bonds is 4. The van der Waals surface area contributed by atoms with Gasteiger partial charge in [0.05, 0.1) is 5.56 Å². The SMILES string of the molecule is Cn1cccc1C(=O)NC(=O)COC(=O)c1cccc(I)c1. The number of amides is 2. The first-order valence-electron chi connectivity index (χ1n) is 6.35. The number of ether oxygens (including phenoxy) is 1. The summed E-state index contributed by atoms with van der Waals surface area (Å²) >= 11 is 2.07. The molecule has 0 saturated heterocycles. The maximum Gasteiger partial charge on any atom is 0.338 e. The molecule has 114 valence electrons. The maximum absolute atomic E-state index is 11.8. The lowest BCUT2D eigenvalue weighted by Gasteiger charge is -2.06. The third-order valence-corrected chi connectivity index (χ3v) is 3.50. The molecular formula is C15H13IN2O4. The van der Waals surface area contributed by atoms with E-state index in [1.807, 2.05) is 6.07 Å². The molecule has 0 aliphatic carbocycles. The summed E-state index contributed by atoms with van der Waals surface area (Å²) < 4.78 is 7.35. The van der Waals surface area contributed by atoms with Gasteiger partial charge in [-0.3, -0.25) is 14.9 Å². The quantitative estimate of drug-likeness (QED) is 0.613. The van der Waals surface area contributed by atoms with Gasteiger partial charge in [-0.15, -0.1) is 0 Å². The Morgan fingerprint density at radius 3 is 2.64 bits per heavy atom. The monoisotopic (exact) mass is 412 g/mol. The van der Waals surface area contributed by atoms with Gasteiger partial charge in [-0.2, -0.15) is 0 Å². The van der Waals surface area contributed by atoms with Crippen molar-refractivity contribution in [2.45, 2.75) is 0 Å². The Balaban J connectivity index is 1.87. The highest BCUT2D eigenvalue weighted by Gasteiger charge is 2.15. The van der Waals surface area contributed by atoms with Crippen LogP contribution in [0.5, 0.6) is 0 Å². The van der Waals surface area contributed by atoms with Crippen molar-refractivity contribution in [3.63, 3.8) is 0 Å². The minimum Gasteiger partial charge on any atom is -0.452 e. The third-order valence-electron chi connectivity index (χ3n) is 2.82. The van der Waals surface area contributed by atoms with Crippen molar-refractivity contribution < 1.29 is 19.1 Å². The molecule has 1 N–H and O–H groups in total. The molecule has 7 heteroatoms. The molecule has 1 aromatic heterocycles. The Hall–Kier alpha value is -2.16. The molecule has 0 radical (unpaired) electrons. The molecule has 0 bridgehead atoms. The second-order valence-electron chi connectivity index (χ2n) is 4.47. The van der Waals surface area contributed by atoms with E-state index in [2.05, 4.69) is 27.9 Å². The summed E-state index contributed by atoms with van der Waals surface area (Å²) in [6.07, 6.45) is 1.69. The van der Waals surface area contributed by atoms with Gasteiger partial charge in [0, 0.05) is 16.8 Å². The number of halogens is 1. The lowest BCUT2D eigenvalue weighted by molar-refractivity contribution is -0.123. The van der Waals surface area contributed by atoms with Gasteiger partial charge in [-0.1, -0.05) is 6.07 Å². The summed E-state index contributed by atoms with van der Waals surface area (Å²) in [5.74, 6) is -1.83. The molecular weight excluding hydrogens is 399 g/mol. The number of carbonyl (C=O) groups is 3. The van der Waals surface area contributed by atoms with Gasteiger partial charge < -0.3 is 9.30 Å². The Morgan fingerprint density at radius 2 is 2.00 bits per heavy atom. The molecule has 0 saturated carbocycles. The Labute approximate surface area is 140 Å². The fourth-order valence-electron chi connectivity index (χ4n) is 1.75. The van der Waals surface area contributed by atoms with E-state index in [0.717, 1.165) is 3.57 Å². The summed E-state index contributed by atoms with van der Waals surface area (Å²) in [6.45, 7) is -0.513. The predicted molar refractivity (Wildman–Crippen MR) is 87.3 cm³/mol. The van der Waals surface area contributed by atoms with Crippen molar-refractivity contribution in [3.05, 3.63) is 57.4 Å². The lowest BCUT2D eigenvalue weighted by Crippen LogP contribution is -2.35. The van der Waals surface area contributed by atoms with Crippen LogP contribution < -0.4 is 5.32 Å². The lowest BCUT2D eigenvalue weighted by atomic mass is 10.2. The van der Waals surface area contributed by atoms with E-state index in [-0.39, 0.29) is 0 Å². The van der Waals surface area contributed by atoms with E-state index >= 15 is 0 Å². The van der Waals surface area contributed by atoms with Crippen LogP contribution in [0, 0.1) is 3.57 Å². The zero-order valence-corrected chi connectivity index (χ0v) is 13.9. The van der Waals surface area contributed by atoms with Crippen molar-refractivity contribution in [3.8, 4) is 0 Å². The predicted octanol–water partition coefficient (Wildman–Crippen LogP) is 1.74. The van der Waals surface area contributed by atoms with Crippen molar-refractivity contribution in [2.75, 3.05) is 6.61 Å². The van der Waals surface area contributed by atoms with Crippen molar-refractivity contribution in [2.24, 2.45) is 7.05 Å². The van der Waals surface area contributed by atoms with Crippen molar-refractivity contribution >= 4 is 40.4 Å². The first-order chi connectivity index (χ1) is 10.5. The molecule has 0 spiro atoms. The molecule has 0 aliphatic heterocycles. The minimum absolute atomic E-state index is 0.345. The number of esters is 1. The molecule has 0 atom stereocenters. The Kier molecular flexibility index (Phi) is 5.31. The van der Waals surface area contributed by atoms with Gasteiger partial charge in [0.15, 0.2) is 6.61 Å². The molecule has 2 aromatic rings. The van der Waals surface area contributed by atoms with Crippen LogP contribution in [0.4, 0.5) is 0 Å². The summed E-state index contributed by atoms with van der Waals surface area (Å²) in [4.78, 5) is 35.2. The summed E-state index contributed by atoms with van der Waals surface area (Å²) in [6, 6.07) is 10.1. The number of nitrogens with zero attached hydrogens (tertiary/aromatic N) is 1. The molecule has 2 amide bonds. The smallest absolute Gasteiger partial charge is 0.338 e. The summed E-state index contributed by atoms with van der Waals surface area (Å²) in [5.41, 5.74) is 0.700. The van der Waals surface area contributed by atoms with Crippen LogP contribution in [0.25, 0.3) is 0 Å². The number of aromatic nitrogens is 1. The Morgan fingerprint density at radius 1 is 1.23 bits per heavy atom. The zero-order valence-electron chi connectivity index (χ0n) is 11.7. The van der Waals surface area contributed by atoms with Gasteiger partial charge in [0.25, 0.3) is 11.8 Å². The van der Waals surface area contributed by atoms with Crippen LogP contribution in [0.3, 0.4) is 0 Å². The normalized spacial score (nSPS) is 10.1. The Bertz CT molecular complexity index is 724. The number of nitrogens with one attached hydrogen (secondary N) is 1. The van der Waals surface area contributed by atoms with Crippen LogP contribution in [0.15, 0.2) is 42.6 Å². The van der Waals surface area contributed by atoms with Crippen LogP contribution in [-0.4, -0.2) is 29.0 Å². The maximum atomic E-state index is 11.8. The van der Waals surface area contributed by atoms with Crippen LogP contribution >= 0.6 is 22.6 Å². The molecule has 0 unspecified atom stereocenters. The summed E-state index contributed by atoms with van der Waals surface area (Å²) in [7, 11) is 1.69. The number of aryl methyl sites for hydroxylation is 1. The number of imide groups is 1. The second kappa shape index (κ2) is 7.21. The molecule has 1 heterocycles. The van der Waals surface area contributed by atoms with E-state index in [1.54, 1.807) is 48.1 Å². The molecule has 6 nitrogen and oxygen atoms in total. The van der Waals surface area contributed by atoms with Crippen LogP contribution in [0.2, 0.25) is 0 Å². The van der Waals surface area contributed by atoms with Crippen molar-refractivity contribution in [1.82, 2.24) is 9.88 Å². The van der Waals surface area contributed by atoms with E-state index < -0.39 is 24.4 Å². The second-order valence-corrected chi connectivity index (χ2v) is 5.71. The highest BCUT2D eigenvalue weighted by Crippen LogP contribution is 2.08. The van der Waals surface area contributed by atoms with E-state index in [0.29, 0.717) is 11.3 Å². The fourth-order valence-corrected chi connectivity index (χ4v) is 2.30. The first-order valence-corrected chi connectivity index (χ1v) is 7.43. The molecule has 0 fully saturated rings. The molecule has 0 aliphatic rings. The van der Waals surface area contributed by atoms with Crippen LogP contribution in [-0.2, 0) is 16.6 Å². The average molecular weight is 412 g/mol. The van der Waals surface area contributed by atoms with Gasteiger partial charge in [0.1, 0.15) is 5.69 Å². The molecule has 1 aromatic carbocycles. The van der Waals surface area contributed by atoms with E-state index in [4.69, 9.17) is 4.74 Å². The van der Waals surface area contributed by atoms with Crippen LogP contribution in [0.1, 0.15) is 20.8 Å². The van der Waals surface area contributed by atoms with Gasteiger partial charge in [0.2, 0.25) is 0 Å². The van der Waals surface area contributed by atoms with Crippen molar-refractivity contribution in [1.29, 1.82) is 0 Å². The number of hydrogen-bond acceptors (Lipinski definition) is 4. The highest BCUT2D eigenvalue weighted by atomic mass is 127. The topological polar surface area (TPSA) is 77.4 Å². The largest absolute Gasteiger partial charge is 0.452 e.